The first-order valence-electron chi connectivity index (χ1n) is 5.71. The summed E-state index contributed by atoms with van der Waals surface area (Å²) in [7, 11) is 1.73. The Morgan fingerprint density at radius 2 is 2.26 bits per heavy atom. The van der Waals surface area contributed by atoms with Crippen molar-refractivity contribution in [3.05, 3.63) is 52.4 Å². The first-order valence-corrected chi connectivity index (χ1v) is 6.50. The number of hydrogen-bond donors (Lipinski definition) is 2. The summed E-state index contributed by atoms with van der Waals surface area (Å²) in [6, 6.07) is 5.48. The smallest absolute Gasteiger partial charge is 0.255 e. The predicted octanol–water partition coefficient (Wildman–Crippen LogP) is 2.21. The molecule has 2 aromatic rings. The zero-order valence-corrected chi connectivity index (χ0v) is 11.9. The topological polar surface area (TPSA) is 66.9 Å². The third-order valence-corrected chi connectivity index (χ3v) is 2.95. The molecular weight excluding hydrogens is 308 g/mol. The third kappa shape index (κ3) is 3.51. The van der Waals surface area contributed by atoms with Crippen molar-refractivity contribution in [2.75, 3.05) is 12.4 Å². The van der Waals surface area contributed by atoms with Crippen molar-refractivity contribution in [3.63, 3.8) is 0 Å². The van der Waals surface area contributed by atoms with E-state index in [1.54, 1.807) is 31.7 Å². The molecule has 0 radical (unpaired) electrons. The van der Waals surface area contributed by atoms with Crippen LogP contribution in [0.5, 0.6) is 0 Å². The lowest BCUT2D eigenvalue weighted by Gasteiger charge is -2.09. The lowest BCUT2D eigenvalue weighted by Crippen LogP contribution is -2.24. The number of carbonyl (C=O) groups excluding carboxylic acids is 1. The summed E-state index contributed by atoms with van der Waals surface area (Å²) >= 11 is 3.31. The van der Waals surface area contributed by atoms with Crippen LogP contribution in [0.2, 0.25) is 0 Å². The van der Waals surface area contributed by atoms with Gasteiger partial charge in [0.2, 0.25) is 0 Å². The van der Waals surface area contributed by atoms with Crippen LogP contribution < -0.4 is 10.6 Å². The molecule has 0 aliphatic heterocycles. The lowest BCUT2D eigenvalue weighted by atomic mass is 10.2. The number of nitrogens with zero attached hydrogens (tertiary/aromatic N) is 2. The van der Waals surface area contributed by atoms with Crippen molar-refractivity contribution in [1.82, 2.24) is 15.3 Å². The Morgan fingerprint density at radius 3 is 2.95 bits per heavy atom. The largest absolute Gasteiger partial charge is 0.372 e. The Morgan fingerprint density at radius 1 is 1.42 bits per heavy atom. The van der Waals surface area contributed by atoms with E-state index in [2.05, 4.69) is 36.5 Å². The fourth-order valence-electron chi connectivity index (χ4n) is 1.59. The molecule has 0 spiro atoms. The molecule has 0 fully saturated rings. The summed E-state index contributed by atoms with van der Waals surface area (Å²) in [6.45, 7) is 0.433. The van der Waals surface area contributed by atoms with E-state index in [9.17, 15) is 4.79 Å². The minimum atomic E-state index is -0.179. The quantitative estimate of drug-likeness (QED) is 0.906. The van der Waals surface area contributed by atoms with Crippen molar-refractivity contribution < 1.29 is 4.79 Å². The van der Waals surface area contributed by atoms with E-state index in [0.29, 0.717) is 17.9 Å². The molecule has 2 aromatic heterocycles. The molecule has 6 heteroatoms. The van der Waals surface area contributed by atoms with E-state index in [0.717, 1.165) is 10.0 Å². The van der Waals surface area contributed by atoms with Crippen LogP contribution >= 0.6 is 15.9 Å². The van der Waals surface area contributed by atoms with Gasteiger partial charge in [0, 0.05) is 36.7 Å². The number of halogens is 1. The maximum atomic E-state index is 12.1. The van der Waals surface area contributed by atoms with Gasteiger partial charge in [-0.15, -0.1) is 0 Å². The van der Waals surface area contributed by atoms with Crippen molar-refractivity contribution in [1.29, 1.82) is 0 Å². The summed E-state index contributed by atoms with van der Waals surface area (Å²) in [6.07, 6.45) is 5.06. The fourth-order valence-corrected chi connectivity index (χ4v) is 1.92. The zero-order chi connectivity index (χ0) is 13.7. The van der Waals surface area contributed by atoms with Gasteiger partial charge in [0.15, 0.2) is 0 Å². The van der Waals surface area contributed by atoms with Crippen LogP contribution in [0.1, 0.15) is 15.9 Å². The first kappa shape index (κ1) is 13.5. The first-order chi connectivity index (χ1) is 9.20. The van der Waals surface area contributed by atoms with Crippen molar-refractivity contribution in [2.45, 2.75) is 6.54 Å². The minimum Gasteiger partial charge on any atom is -0.372 e. The van der Waals surface area contributed by atoms with Gasteiger partial charge >= 0.3 is 0 Å². The second-order valence-electron chi connectivity index (χ2n) is 3.84. The molecular formula is C13H13BrN4O. The van der Waals surface area contributed by atoms with Gasteiger partial charge in [-0.1, -0.05) is 6.07 Å². The van der Waals surface area contributed by atoms with Crippen molar-refractivity contribution >= 4 is 27.7 Å². The Labute approximate surface area is 119 Å². The molecule has 19 heavy (non-hydrogen) atoms. The fraction of sp³-hybridized carbons (Fsp3) is 0.154. The van der Waals surface area contributed by atoms with Crippen LogP contribution in [0.4, 0.5) is 5.82 Å². The maximum absolute atomic E-state index is 12.1. The molecule has 0 bridgehead atoms. The summed E-state index contributed by atoms with van der Waals surface area (Å²) in [5, 5.41) is 5.73. The van der Waals surface area contributed by atoms with Crippen LogP contribution in [0.15, 0.2) is 41.3 Å². The Kier molecular flexibility index (Phi) is 4.46. The number of aromatic nitrogens is 2. The van der Waals surface area contributed by atoms with Crippen LogP contribution in [-0.4, -0.2) is 22.9 Å². The molecule has 5 nitrogen and oxygen atoms in total. The summed E-state index contributed by atoms with van der Waals surface area (Å²) in [5.74, 6) is 0.369. The normalized spacial score (nSPS) is 10.0. The summed E-state index contributed by atoms with van der Waals surface area (Å²) < 4.78 is 0.762. The molecule has 0 unspecified atom stereocenters. The summed E-state index contributed by atoms with van der Waals surface area (Å²) in [5.41, 5.74) is 1.45. The zero-order valence-electron chi connectivity index (χ0n) is 10.4. The number of nitrogens with one attached hydrogen (secondary N) is 2. The number of rotatable bonds is 4. The van der Waals surface area contributed by atoms with Crippen molar-refractivity contribution in [3.8, 4) is 0 Å². The highest BCUT2D eigenvalue weighted by Gasteiger charge is 2.12. The molecule has 2 heterocycles. The van der Waals surface area contributed by atoms with Gasteiger partial charge < -0.3 is 10.6 Å². The second-order valence-corrected chi connectivity index (χ2v) is 4.76. The van der Waals surface area contributed by atoms with E-state index < -0.39 is 0 Å². The maximum Gasteiger partial charge on any atom is 0.255 e. The van der Waals surface area contributed by atoms with Gasteiger partial charge in [0.1, 0.15) is 5.82 Å². The molecule has 2 rings (SSSR count). The lowest BCUT2D eigenvalue weighted by molar-refractivity contribution is 0.0951. The third-order valence-electron chi connectivity index (χ3n) is 2.51. The minimum absolute atomic E-state index is 0.179. The Balaban J connectivity index is 2.10. The average Bonchev–Trinajstić information content (AvgIpc) is 2.46. The van der Waals surface area contributed by atoms with E-state index >= 15 is 0 Å². The highest BCUT2D eigenvalue weighted by atomic mass is 79.9. The molecule has 0 aliphatic rings. The van der Waals surface area contributed by atoms with Gasteiger partial charge in [0.05, 0.1) is 5.56 Å². The second kappa shape index (κ2) is 6.29. The van der Waals surface area contributed by atoms with E-state index in [-0.39, 0.29) is 5.91 Å². The van der Waals surface area contributed by atoms with Gasteiger partial charge in [-0.3, -0.25) is 9.78 Å². The Bertz CT molecular complexity index is 574. The monoisotopic (exact) mass is 320 g/mol. The average molecular weight is 321 g/mol. The van der Waals surface area contributed by atoms with Crippen LogP contribution in [-0.2, 0) is 6.54 Å². The number of anilines is 1. The SMILES string of the molecule is CNc1ncc(Br)cc1C(=O)NCc1cccnc1. The predicted molar refractivity (Wildman–Crippen MR) is 76.9 cm³/mol. The molecule has 0 atom stereocenters. The standard InChI is InChI=1S/C13H13BrN4O/c1-15-12-11(5-10(14)8-17-12)13(19)18-7-9-3-2-4-16-6-9/h2-6,8H,7H2,1H3,(H,15,17)(H,18,19). The van der Waals surface area contributed by atoms with Crippen LogP contribution in [0.3, 0.4) is 0 Å². The summed E-state index contributed by atoms with van der Waals surface area (Å²) in [4.78, 5) is 20.3. The number of hydrogen-bond acceptors (Lipinski definition) is 4. The van der Waals surface area contributed by atoms with Gasteiger partial charge in [-0.25, -0.2) is 4.98 Å². The molecule has 0 saturated heterocycles. The number of carbonyl (C=O) groups is 1. The van der Waals surface area contributed by atoms with Crippen LogP contribution in [0.25, 0.3) is 0 Å². The highest BCUT2D eigenvalue weighted by molar-refractivity contribution is 9.10. The van der Waals surface area contributed by atoms with Gasteiger partial charge in [-0.2, -0.15) is 0 Å². The van der Waals surface area contributed by atoms with Crippen molar-refractivity contribution in [2.24, 2.45) is 0 Å². The van der Waals surface area contributed by atoms with Gasteiger partial charge in [-0.05, 0) is 33.6 Å². The highest BCUT2D eigenvalue weighted by Crippen LogP contribution is 2.17. The molecule has 2 N–H and O–H groups in total. The number of pyridine rings is 2. The van der Waals surface area contributed by atoms with E-state index in [4.69, 9.17) is 0 Å². The van der Waals surface area contributed by atoms with E-state index in [1.807, 2.05) is 12.1 Å². The number of amides is 1. The molecule has 1 amide bonds. The molecule has 0 aromatic carbocycles. The van der Waals surface area contributed by atoms with Gasteiger partial charge in [0.25, 0.3) is 5.91 Å². The molecule has 98 valence electrons. The Hall–Kier alpha value is -1.95. The molecule has 0 aliphatic carbocycles. The van der Waals surface area contributed by atoms with E-state index in [1.165, 1.54) is 0 Å². The molecule has 0 saturated carbocycles. The van der Waals surface area contributed by atoms with Crippen LogP contribution in [0, 0.1) is 0 Å².